The van der Waals surface area contributed by atoms with Gasteiger partial charge >= 0.3 is 0 Å². The Bertz CT molecular complexity index is 1960. The van der Waals surface area contributed by atoms with Crippen LogP contribution in [0.5, 0.6) is 5.75 Å². The molecule has 5 heterocycles. The van der Waals surface area contributed by atoms with Gasteiger partial charge in [0.15, 0.2) is 5.65 Å². The molecule has 0 saturated heterocycles. The summed E-state index contributed by atoms with van der Waals surface area (Å²) in [6.45, 7) is 5.18. The first-order chi connectivity index (χ1) is 21.2. The number of hydrogen-bond donors (Lipinski definition) is 3. The van der Waals surface area contributed by atoms with Crippen molar-refractivity contribution in [2.75, 3.05) is 32.6 Å². The molecule has 1 amide bonds. The minimum absolute atomic E-state index is 0.0530. The molecule has 0 aliphatic heterocycles. The quantitative estimate of drug-likeness (QED) is 0.171. The van der Waals surface area contributed by atoms with Crippen molar-refractivity contribution in [2.24, 2.45) is 5.92 Å². The molecule has 6 aromatic rings. The van der Waals surface area contributed by atoms with Gasteiger partial charge in [0.25, 0.3) is 0 Å². The Kier molecular flexibility index (Phi) is 8.03. The number of rotatable bonds is 10. The van der Waals surface area contributed by atoms with E-state index in [4.69, 9.17) is 4.74 Å². The molecule has 0 atom stereocenters. The number of carbonyl (C=O) groups is 1. The van der Waals surface area contributed by atoms with Gasteiger partial charge in [0.05, 0.1) is 23.3 Å². The molecular formula is C33H33FN8O2. The summed E-state index contributed by atoms with van der Waals surface area (Å²) >= 11 is 0. The lowest BCUT2D eigenvalue weighted by Gasteiger charge is -2.12. The number of aromatic nitrogens is 6. The summed E-state index contributed by atoms with van der Waals surface area (Å²) in [5, 5.41) is 12.1. The number of amides is 1. The SMILES string of the molecule is CC(C)CC(=O)Nc1cncc(-c2cnc3n[nH]c(-c4cc5c(-c6cc(F)cc(OCCN(C)C)c6)ccnc5[nH]4)c3c2)c1. The van der Waals surface area contributed by atoms with Gasteiger partial charge in [-0.25, -0.2) is 14.4 Å². The number of anilines is 1. The zero-order valence-electron chi connectivity index (χ0n) is 25.0. The number of H-pyrrole nitrogens is 2. The molecule has 3 N–H and O–H groups in total. The number of nitrogens with zero attached hydrogens (tertiary/aromatic N) is 5. The molecule has 6 rings (SSSR count). The maximum Gasteiger partial charge on any atom is 0.224 e. The van der Waals surface area contributed by atoms with Crippen LogP contribution in [0.15, 0.2) is 67.3 Å². The average molecular weight is 593 g/mol. The third-order valence-corrected chi connectivity index (χ3v) is 7.15. The second-order valence-electron chi connectivity index (χ2n) is 11.4. The van der Waals surface area contributed by atoms with Crippen molar-refractivity contribution in [3.8, 4) is 39.4 Å². The highest BCUT2D eigenvalue weighted by Crippen LogP contribution is 2.35. The number of aromatic amines is 2. The molecule has 1 aromatic carbocycles. The molecule has 0 radical (unpaired) electrons. The van der Waals surface area contributed by atoms with Crippen LogP contribution in [0.1, 0.15) is 20.3 Å². The largest absolute Gasteiger partial charge is 0.492 e. The number of ether oxygens (including phenoxy) is 1. The van der Waals surface area contributed by atoms with Crippen molar-refractivity contribution in [3.05, 3.63) is 73.1 Å². The molecule has 224 valence electrons. The van der Waals surface area contributed by atoms with Crippen LogP contribution in [0.4, 0.5) is 10.1 Å². The number of benzene rings is 1. The Balaban J connectivity index is 1.33. The van der Waals surface area contributed by atoms with Crippen LogP contribution in [0.3, 0.4) is 0 Å². The molecule has 5 aromatic heterocycles. The van der Waals surface area contributed by atoms with Crippen molar-refractivity contribution >= 4 is 33.7 Å². The first-order valence-corrected chi connectivity index (χ1v) is 14.4. The third-order valence-electron chi connectivity index (χ3n) is 7.15. The van der Waals surface area contributed by atoms with Crippen LogP contribution in [0.25, 0.3) is 55.7 Å². The van der Waals surface area contributed by atoms with E-state index in [1.54, 1.807) is 24.8 Å². The summed E-state index contributed by atoms with van der Waals surface area (Å²) in [5.74, 6) is 0.299. The fourth-order valence-corrected chi connectivity index (χ4v) is 5.07. The second-order valence-corrected chi connectivity index (χ2v) is 11.4. The smallest absolute Gasteiger partial charge is 0.224 e. The minimum Gasteiger partial charge on any atom is -0.492 e. The van der Waals surface area contributed by atoms with E-state index in [9.17, 15) is 9.18 Å². The topological polar surface area (TPSA) is 125 Å². The lowest BCUT2D eigenvalue weighted by Crippen LogP contribution is -2.19. The number of fused-ring (bicyclic) bond motifs is 2. The summed E-state index contributed by atoms with van der Waals surface area (Å²) in [5.41, 5.74) is 6.46. The molecule has 0 spiro atoms. The molecule has 0 bridgehead atoms. The van der Waals surface area contributed by atoms with E-state index in [2.05, 4.69) is 35.5 Å². The summed E-state index contributed by atoms with van der Waals surface area (Å²) in [6.07, 6.45) is 7.22. The molecule has 0 aliphatic carbocycles. The van der Waals surface area contributed by atoms with Crippen LogP contribution in [-0.2, 0) is 4.79 Å². The molecule has 11 heteroatoms. The van der Waals surface area contributed by atoms with Gasteiger partial charge in [-0.3, -0.25) is 14.9 Å². The van der Waals surface area contributed by atoms with Crippen LogP contribution in [0, 0.1) is 11.7 Å². The minimum atomic E-state index is -0.376. The van der Waals surface area contributed by atoms with E-state index >= 15 is 0 Å². The van der Waals surface area contributed by atoms with Crippen LogP contribution in [0.2, 0.25) is 0 Å². The summed E-state index contributed by atoms with van der Waals surface area (Å²) in [4.78, 5) is 31.1. The van der Waals surface area contributed by atoms with E-state index in [0.29, 0.717) is 41.3 Å². The number of carbonyl (C=O) groups excluding carboxylic acids is 1. The van der Waals surface area contributed by atoms with Gasteiger partial charge in [-0.15, -0.1) is 0 Å². The highest BCUT2D eigenvalue weighted by molar-refractivity contribution is 6.00. The first kappa shape index (κ1) is 28.9. The molecule has 44 heavy (non-hydrogen) atoms. The second kappa shape index (κ2) is 12.2. The van der Waals surface area contributed by atoms with Gasteiger partial charge in [0, 0.05) is 59.5 Å². The number of pyridine rings is 3. The molecule has 0 saturated carbocycles. The number of likely N-dealkylation sites (N-methyl/N-ethyl adjacent to an activating group) is 1. The fraction of sp³-hybridized carbons (Fsp3) is 0.242. The van der Waals surface area contributed by atoms with Gasteiger partial charge in [-0.1, -0.05) is 13.8 Å². The predicted molar refractivity (Wildman–Crippen MR) is 170 cm³/mol. The first-order valence-electron chi connectivity index (χ1n) is 14.4. The lowest BCUT2D eigenvalue weighted by molar-refractivity contribution is -0.116. The van der Waals surface area contributed by atoms with Crippen LogP contribution < -0.4 is 10.1 Å². The summed E-state index contributed by atoms with van der Waals surface area (Å²) in [7, 11) is 3.92. The Hall–Kier alpha value is -5.16. The molecule has 0 fully saturated rings. The zero-order chi connectivity index (χ0) is 30.8. The van der Waals surface area contributed by atoms with Crippen molar-refractivity contribution < 1.29 is 13.9 Å². The highest BCUT2D eigenvalue weighted by Gasteiger charge is 2.17. The Morgan fingerprint density at radius 3 is 2.66 bits per heavy atom. The van der Waals surface area contributed by atoms with Crippen LogP contribution >= 0.6 is 0 Å². The van der Waals surface area contributed by atoms with Crippen molar-refractivity contribution in [1.82, 2.24) is 35.0 Å². The van der Waals surface area contributed by atoms with Gasteiger partial charge in [0.1, 0.15) is 23.8 Å². The average Bonchev–Trinajstić information content (AvgIpc) is 3.60. The summed E-state index contributed by atoms with van der Waals surface area (Å²) < 4.78 is 20.5. The van der Waals surface area contributed by atoms with Crippen molar-refractivity contribution in [2.45, 2.75) is 20.3 Å². The third kappa shape index (κ3) is 6.28. The molecule has 10 nitrogen and oxygen atoms in total. The Labute approximate surface area is 253 Å². The zero-order valence-corrected chi connectivity index (χ0v) is 25.0. The van der Waals surface area contributed by atoms with Crippen molar-refractivity contribution in [1.29, 1.82) is 0 Å². The van der Waals surface area contributed by atoms with Gasteiger partial charge in [0.2, 0.25) is 5.91 Å². The van der Waals surface area contributed by atoms with Gasteiger partial charge in [-0.05, 0) is 67.5 Å². The monoisotopic (exact) mass is 592 g/mol. The molecule has 0 aliphatic rings. The predicted octanol–water partition coefficient (Wildman–Crippen LogP) is 6.29. The van der Waals surface area contributed by atoms with Crippen LogP contribution in [-0.4, -0.2) is 68.2 Å². The van der Waals surface area contributed by atoms with E-state index in [0.717, 1.165) is 45.4 Å². The summed E-state index contributed by atoms with van der Waals surface area (Å²) in [6, 6.07) is 12.4. The Morgan fingerprint density at radius 1 is 1.00 bits per heavy atom. The number of halogens is 1. The standard InChI is InChI=1S/C33H33FN8O2/c1-19(2)9-30(43)38-24-11-21(16-35-18-24)22-13-28-31(40-41-33(28)37-17-22)29-15-27-26(5-6-36-32(27)39-29)20-10-23(34)14-25(12-20)44-8-7-42(3)4/h5-6,10-19H,7-9H2,1-4H3,(H,36,39)(H,38,43)(H,37,40,41). The lowest BCUT2D eigenvalue weighted by atomic mass is 10.0. The van der Waals surface area contributed by atoms with E-state index in [1.807, 2.05) is 63.2 Å². The molecule has 0 unspecified atom stereocenters. The number of hydrogen-bond acceptors (Lipinski definition) is 7. The normalized spacial score (nSPS) is 11.6. The van der Waals surface area contributed by atoms with Crippen molar-refractivity contribution in [3.63, 3.8) is 0 Å². The van der Waals surface area contributed by atoms with E-state index < -0.39 is 0 Å². The van der Waals surface area contributed by atoms with Gasteiger partial charge in [-0.2, -0.15) is 5.10 Å². The molecular weight excluding hydrogens is 559 g/mol. The maximum atomic E-state index is 14.7. The maximum absolute atomic E-state index is 14.7. The highest BCUT2D eigenvalue weighted by atomic mass is 19.1. The fourth-order valence-electron chi connectivity index (χ4n) is 5.07. The van der Waals surface area contributed by atoms with E-state index in [1.165, 1.54) is 12.1 Å². The Morgan fingerprint density at radius 2 is 1.84 bits per heavy atom. The number of nitrogens with one attached hydrogen (secondary N) is 3. The van der Waals surface area contributed by atoms with Gasteiger partial charge < -0.3 is 19.9 Å². The van der Waals surface area contributed by atoms with E-state index in [-0.39, 0.29) is 17.6 Å².